The molecule has 0 N–H and O–H groups in total. The van der Waals surface area contributed by atoms with Crippen molar-refractivity contribution in [1.29, 1.82) is 0 Å². The van der Waals surface area contributed by atoms with Gasteiger partial charge in [0.05, 0.1) is 29.5 Å². The first kappa shape index (κ1) is 23.0. The number of rotatable bonds is 7. The first-order valence-corrected chi connectivity index (χ1v) is 10.7. The van der Waals surface area contributed by atoms with E-state index >= 15 is 0 Å². The third-order valence-electron chi connectivity index (χ3n) is 4.52. The summed E-state index contributed by atoms with van der Waals surface area (Å²) < 4.78 is 18.6. The van der Waals surface area contributed by atoms with Gasteiger partial charge < -0.3 is 18.8 Å². The normalized spacial score (nSPS) is 12.2. The minimum absolute atomic E-state index is 0.425. The second-order valence-corrected chi connectivity index (χ2v) is 8.63. The number of esters is 1. The fourth-order valence-electron chi connectivity index (χ4n) is 2.86. The molecule has 164 valence electrons. The summed E-state index contributed by atoms with van der Waals surface area (Å²) in [5.41, 5.74) is 0.0809. The monoisotopic (exact) mass is 462 g/mol. The van der Waals surface area contributed by atoms with Crippen LogP contribution in [0.3, 0.4) is 0 Å². The molecule has 1 heterocycles. The molecule has 0 saturated heterocycles. The molecule has 1 amide bonds. The lowest BCUT2D eigenvalue weighted by atomic mass is 10.1. The number of methoxy groups -OCH3 is 2. The van der Waals surface area contributed by atoms with Crippen molar-refractivity contribution in [3.05, 3.63) is 57.9 Å². The van der Waals surface area contributed by atoms with Gasteiger partial charge in [-0.05, 0) is 56.3 Å². The zero-order valence-corrected chi connectivity index (χ0v) is 19.2. The van der Waals surface area contributed by atoms with Gasteiger partial charge >= 0.3 is 5.97 Å². The molecule has 9 heteroatoms. The Morgan fingerprint density at radius 1 is 1.13 bits per heavy atom. The third-order valence-corrected chi connectivity index (χ3v) is 5.81. The SMILES string of the molecule is COCCn1c(=NC(=O)C(C)(C)Oc2ccc(Cl)cc2)sc2cc(C(=O)OC)ccc21. The molecular weight excluding hydrogens is 440 g/mol. The summed E-state index contributed by atoms with van der Waals surface area (Å²) in [6, 6.07) is 12.0. The molecule has 0 aliphatic rings. The first-order valence-electron chi connectivity index (χ1n) is 9.49. The van der Waals surface area contributed by atoms with Crippen LogP contribution in [0, 0.1) is 0 Å². The van der Waals surface area contributed by atoms with Crippen LogP contribution in [0.1, 0.15) is 24.2 Å². The van der Waals surface area contributed by atoms with E-state index in [1.54, 1.807) is 57.4 Å². The Morgan fingerprint density at radius 3 is 2.48 bits per heavy atom. The average molecular weight is 463 g/mol. The van der Waals surface area contributed by atoms with E-state index in [4.69, 9.17) is 25.8 Å². The fourth-order valence-corrected chi connectivity index (χ4v) is 4.08. The van der Waals surface area contributed by atoms with Gasteiger partial charge in [0.15, 0.2) is 10.4 Å². The van der Waals surface area contributed by atoms with Crippen molar-refractivity contribution >= 4 is 45.0 Å². The Labute approximate surface area is 188 Å². The average Bonchev–Trinajstić information content (AvgIpc) is 3.09. The molecule has 31 heavy (non-hydrogen) atoms. The number of halogens is 1. The standard InChI is InChI=1S/C22H23ClN2O5S/c1-22(2,30-16-8-6-15(23)7-9-16)20(27)24-21-25(11-12-28-3)17-10-5-14(19(26)29-4)13-18(17)31-21/h5-10,13H,11-12H2,1-4H3. The van der Waals surface area contributed by atoms with Gasteiger partial charge in [0, 0.05) is 18.7 Å². The van der Waals surface area contributed by atoms with E-state index in [-0.39, 0.29) is 0 Å². The minimum atomic E-state index is -1.19. The van der Waals surface area contributed by atoms with Crippen molar-refractivity contribution in [3.63, 3.8) is 0 Å². The van der Waals surface area contributed by atoms with E-state index in [9.17, 15) is 9.59 Å². The smallest absolute Gasteiger partial charge is 0.337 e. The molecule has 1 aromatic heterocycles. The van der Waals surface area contributed by atoms with E-state index < -0.39 is 17.5 Å². The molecule has 0 bridgehead atoms. The molecule has 3 rings (SSSR count). The first-order chi connectivity index (χ1) is 14.7. The fraction of sp³-hybridized carbons (Fsp3) is 0.318. The van der Waals surface area contributed by atoms with E-state index in [1.165, 1.54) is 18.4 Å². The molecule has 2 aromatic carbocycles. The van der Waals surface area contributed by atoms with Gasteiger partial charge in [-0.1, -0.05) is 22.9 Å². The largest absolute Gasteiger partial charge is 0.478 e. The molecule has 3 aromatic rings. The predicted octanol–water partition coefficient (Wildman–Crippen LogP) is 4.07. The third kappa shape index (κ3) is 5.33. The van der Waals surface area contributed by atoms with Crippen LogP contribution in [0.25, 0.3) is 10.2 Å². The van der Waals surface area contributed by atoms with E-state index in [2.05, 4.69) is 4.99 Å². The van der Waals surface area contributed by atoms with Crippen LogP contribution in [-0.4, -0.2) is 42.9 Å². The molecule has 0 radical (unpaired) electrons. The van der Waals surface area contributed by atoms with Gasteiger partial charge in [0.25, 0.3) is 5.91 Å². The number of hydrogen-bond donors (Lipinski definition) is 0. The Morgan fingerprint density at radius 2 is 1.84 bits per heavy atom. The van der Waals surface area contributed by atoms with Crippen LogP contribution in [0.4, 0.5) is 0 Å². The molecule has 0 unspecified atom stereocenters. The highest BCUT2D eigenvalue weighted by Crippen LogP contribution is 2.23. The Bertz CT molecular complexity index is 1160. The number of nitrogens with zero attached hydrogens (tertiary/aromatic N) is 2. The summed E-state index contributed by atoms with van der Waals surface area (Å²) in [5, 5.41) is 0.581. The second-order valence-electron chi connectivity index (χ2n) is 7.19. The number of carbonyl (C=O) groups excluding carboxylic acids is 2. The molecule has 0 spiro atoms. The molecule has 0 aliphatic heterocycles. The molecule has 0 aliphatic carbocycles. The van der Waals surface area contributed by atoms with Crippen LogP contribution < -0.4 is 9.54 Å². The van der Waals surface area contributed by atoms with Crippen LogP contribution in [0.2, 0.25) is 5.02 Å². The van der Waals surface area contributed by atoms with Crippen molar-refractivity contribution in [2.24, 2.45) is 4.99 Å². The summed E-state index contributed by atoms with van der Waals surface area (Å²) in [7, 11) is 2.94. The maximum Gasteiger partial charge on any atom is 0.337 e. The highest BCUT2D eigenvalue weighted by Gasteiger charge is 2.30. The quantitative estimate of drug-likeness (QED) is 0.494. The summed E-state index contributed by atoms with van der Waals surface area (Å²) in [6.07, 6.45) is 0. The lowest BCUT2D eigenvalue weighted by molar-refractivity contribution is -0.130. The highest BCUT2D eigenvalue weighted by molar-refractivity contribution is 7.16. The topological polar surface area (TPSA) is 79.1 Å². The Hall–Kier alpha value is -2.68. The van der Waals surface area contributed by atoms with Crippen LogP contribution >= 0.6 is 22.9 Å². The maximum atomic E-state index is 13.0. The van der Waals surface area contributed by atoms with E-state index in [1.807, 2.05) is 10.6 Å². The van der Waals surface area contributed by atoms with Gasteiger partial charge in [-0.3, -0.25) is 4.79 Å². The highest BCUT2D eigenvalue weighted by atomic mass is 35.5. The Kier molecular flexibility index (Phi) is 7.15. The van der Waals surface area contributed by atoms with Crippen molar-refractivity contribution < 1.29 is 23.8 Å². The summed E-state index contributed by atoms with van der Waals surface area (Å²) in [5.74, 6) is -0.344. The van der Waals surface area contributed by atoms with Gasteiger partial charge in [-0.25, -0.2) is 4.79 Å². The number of benzene rings is 2. The number of fused-ring (bicyclic) bond motifs is 1. The van der Waals surface area contributed by atoms with Crippen LogP contribution in [0.15, 0.2) is 47.5 Å². The number of carbonyl (C=O) groups is 2. The lowest BCUT2D eigenvalue weighted by Crippen LogP contribution is -2.38. The van der Waals surface area contributed by atoms with E-state index in [0.717, 1.165) is 10.2 Å². The number of amides is 1. The van der Waals surface area contributed by atoms with Gasteiger partial charge in [-0.2, -0.15) is 4.99 Å². The predicted molar refractivity (Wildman–Crippen MR) is 120 cm³/mol. The molecular formula is C22H23ClN2O5S. The van der Waals surface area contributed by atoms with Crippen molar-refractivity contribution in [2.45, 2.75) is 26.0 Å². The molecule has 0 atom stereocenters. The zero-order chi connectivity index (χ0) is 22.6. The summed E-state index contributed by atoms with van der Waals surface area (Å²) >= 11 is 7.22. The van der Waals surface area contributed by atoms with Crippen LogP contribution in [-0.2, 0) is 20.8 Å². The number of ether oxygens (including phenoxy) is 3. The number of aromatic nitrogens is 1. The van der Waals surface area contributed by atoms with Crippen molar-refractivity contribution in [1.82, 2.24) is 4.57 Å². The molecule has 0 fully saturated rings. The molecule has 7 nitrogen and oxygen atoms in total. The second kappa shape index (κ2) is 9.64. The van der Waals surface area contributed by atoms with Crippen molar-refractivity contribution in [2.75, 3.05) is 20.8 Å². The van der Waals surface area contributed by atoms with Crippen LogP contribution in [0.5, 0.6) is 5.75 Å². The summed E-state index contributed by atoms with van der Waals surface area (Å²) in [6.45, 7) is 4.26. The summed E-state index contributed by atoms with van der Waals surface area (Å²) in [4.78, 5) is 29.7. The van der Waals surface area contributed by atoms with E-state index in [0.29, 0.717) is 34.3 Å². The van der Waals surface area contributed by atoms with Gasteiger partial charge in [0.2, 0.25) is 0 Å². The van der Waals surface area contributed by atoms with Crippen molar-refractivity contribution in [3.8, 4) is 5.75 Å². The van der Waals surface area contributed by atoms with Gasteiger partial charge in [-0.15, -0.1) is 0 Å². The minimum Gasteiger partial charge on any atom is -0.478 e. The Balaban J connectivity index is 2.00. The maximum absolute atomic E-state index is 13.0. The lowest BCUT2D eigenvalue weighted by Gasteiger charge is -2.22. The zero-order valence-electron chi connectivity index (χ0n) is 17.7. The molecule has 0 saturated carbocycles. The number of hydrogen-bond acceptors (Lipinski definition) is 6. The van der Waals surface area contributed by atoms with Gasteiger partial charge in [0.1, 0.15) is 5.75 Å². The number of thiazole rings is 1.